The molecule has 2 aromatic carbocycles. The summed E-state index contributed by atoms with van der Waals surface area (Å²) in [6, 6.07) is 17.1. The molecule has 0 unspecified atom stereocenters. The van der Waals surface area contributed by atoms with Crippen molar-refractivity contribution in [1.29, 1.82) is 0 Å². The second-order valence-electron chi connectivity index (χ2n) is 5.66. The van der Waals surface area contributed by atoms with Crippen molar-refractivity contribution in [2.24, 2.45) is 0 Å². The highest BCUT2D eigenvalue weighted by atomic mass is 16.7. The first-order valence-electron chi connectivity index (χ1n) is 7.95. The second-order valence-corrected chi connectivity index (χ2v) is 5.66. The number of aliphatic hydroxyl groups excluding tert-OH is 1. The van der Waals surface area contributed by atoms with Gasteiger partial charge in [0.2, 0.25) is 0 Å². The maximum Gasteiger partial charge on any atom is 0.338 e. The average molecular weight is 342 g/mol. The molecule has 0 bridgehead atoms. The minimum atomic E-state index is -1.24. The number of esters is 2. The van der Waals surface area contributed by atoms with Gasteiger partial charge in [-0.2, -0.15) is 0 Å². The van der Waals surface area contributed by atoms with E-state index in [1.54, 1.807) is 60.7 Å². The van der Waals surface area contributed by atoms with Crippen LogP contribution in [0.4, 0.5) is 0 Å². The number of hydrogen-bond donors (Lipinski definition) is 1. The molecule has 1 aliphatic rings. The van der Waals surface area contributed by atoms with E-state index < -0.39 is 30.4 Å². The molecule has 0 saturated carbocycles. The molecule has 6 heteroatoms. The number of hydrogen-bond acceptors (Lipinski definition) is 6. The van der Waals surface area contributed by atoms with Crippen LogP contribution in [0.3, 0.4) is 0 Å². The van der Waals surface area contributed by atoms with Crippen LogP contribution in [0.1, 0.15) is 27.1 Å². The third-order valence-corrected chi connectivity index (χ3v) is 3.82. The van der Waals surface area contributed by atoms with Crippen LogP contribution in [0.25, 0.3) is 0 Å². The van der Waals surface area contributed by atoms with Gasteiger partial charge < -0.3 is 19.3 Å². The van der Waals surface area contributed by atoms with Crippen molar-refractivity contribution in [3.8, 4) is 0 Å². The lowest BCUT2D eigenvalue weighted by molar-refractivity contribution is -0.135. The molecule has 1 heterocycles. The molecule has 3 atom stereocenters. The Bertz CT molecular complexity index is 715. The van der Waals surface area contributed by atoms with Gasteiger partial charge in [-0.25, -0.2) is 9.59 Å². The first-order chi connectivity index (χ1) is 12.1. The molecular formula is C19H18O6. The topological polar surface area (TPSA) is 82.1 Å². The highest BCUT2D eigenvalue weighted by molar-refractivity contribution is 5.89. The summed E-state index contributed by atoms with van der Waals surface area (Å²) >= 11 is 0. The molecule has 0 amide bonds. The zero-order chi connectivity index (χ0) is 17.6. The van der Waals surface area contributed by atoms with Crippen LogP contribution in [0.2, 0.25) is 0 Å². The lowest BCUT2D eigenvalue weighted by atomic mass is 10.2. The van der Waals surface area contributed by atoms with Gasteiger partial charge in [0, 0.05) is 6.42 Å². The fourth-order valence-electron chi connectivity index (χ4n) is 2.54. The van der Waals surface area contributed by atoms with Gasteiger partial charge in [-0.15, -0.1) is 0 Å². The Kier molecular flexibility index (Phi) is 5.42. The van der Waals surface area contributed by atoms with Crippen LogP contribution in [-0.4, -0.2) is 42.1 Å². The molecule has 3 rings (SSSR count). The number of rotatable bonds is 5. The van der Waals surface area contributed by atoms with E-state index in [-0.39, 0.29) is 13.0 Å². The Balaban J connectivity index is 1.50. The van der Waals surface area contributed by atoms with Crippen LogP contribution in [-0.2, 0) is 14.2 Å². The van der Waals surface area contributed by atoms with Crippen molar-refractivity contribution in [3.63, 3.8) is 0 Å². The van der Waals surface area contributed by atoms with Crippen molar-refractivity contribution < 1.29 is 28.9 Å². The van der Waals surface area contributed by atoms with E-state index in [9.17, 15) is 14.7 Å². The van der Waals surface area contributed by atoms with Gasteiger partial charge in [-0.1, -0.05) is 36.4 Å². The summed E-state index contributed by atoms with van der Waals surface area (Å²) in [5, 5.41) is 9.90. The molecule has 1 aliphatic heterocycles. The first kappa shape index (κ1) is 17.1. The quantitative estimate of drug-likeness (QED) is 0.839. The van der Waals surface area contributed by atoms with Crippen molar-refractivity contribution in [2.45, 2.75) is 24.9 Å². The van der Waals surface area contributed by atoms with Gasteiger partial charge in [-0.3, -0.25) is 0 Å². The number of carbonyl (C=O) groups excluding carboxylic acids is 2. The van der Waals surface area contributed by atoms with E-state index in [0.717, 1.165) is 0 Å². The third kappa shape index (κ3) is 4.43. The van der Waals surface area contributed by atoms with Gasteiger partial charge in [0.05, 0.1) is 17.2 Å². The fraction of sp³-hybridized carbons (Fsp3) is 0.263. The number of carbonyl (C=O) groups is 2. The van der Waals surface area contributed by atoms with Gasteiger partial charge in [0.15, 0.2) is 12.4 Å². The Morgan fingerprint density at radius 3 is 2.12 bits per heavy atom. The Hall–Kier alpha value is -2.70. The number of aliphatic hydroxyl groups is 1. The summed E-state index contributed by atoms with van der Waals surface area (Å²) in [7, 11) is 0. The summed E-state index contributed by atoms with van der Waals surface area (Å²) in [5.74, 6) is -1.00. The maximum absolute atomic E-state index is 12.0. The molecule has 1 N–H and O–H groups in total. The van der Waals surface area contributed by atoms with Crippen molar-refractivity contribution in [1.82, 2.24) is 0 Å². The molecule has 1 saturated heterocycles. The molecule has 25 heavy (non-hydrogen) atoms. The average Bonchev–Trinajstić information content (AvgIpc) is 3.00. The van der Waals surface area contributed by atoms with Crippen molar-refractivity contribution in [2.75, 3.05) is 6.61 Å². The molecule has 6 nitrogen and oxygen atoms in total. The van der Waals surface area contributed by atoms with Crippen molar-refractivity contribution in [3.05, 3.63) is 71.8 Å². The number of ether oxygens (including phenoxy) is 3. The highest BCUT2D eigenvalue weighted by Gasteiger charge is 2.37. The minimum Gasteiger partial charge on any atom is -0.459 e. The van der Waals surface area contributed by atoms with Crippen molar-refractivity contribution >= 4 is 11.9 Å². The molecule has 0 aliphatic carbocycles. The molecule has 130 valence electrons. The SMILES string of the molecule is O=C(OC[C@H]1C[C@@H](OC(=O)c2ccccc2)[C@@H](O)O1)c1ccccc1. The molecule has 0 aromatic heterocycles. The van der Waals surface area contributed by atoms with E-state index >= 15 is 0 Å². The second kappa shape index (κ2) is 7.92. The van der Waals surface area contributed by atoms with Crippen LogP contribution in [0.15, 0.2) is 60.7 Å². The van der Waals surface area contributed by atoms with Gasteiger partial charge in [-0.05, 0) is 24.3 Å². The summed E-state index contributed by atoms with van der Waals surface area (Å²) in [5.41, 5.74) is 0.835. The lowest BCUT2D eigenvalue weighted by Crippen LogP contribution is -2.26. The summed E-state index contributed by atoms with van der Waals surface area (Å²) < 4.78 is 15.8. The Morgan fingerprint density at radius 2 is 1.52 bits per heavy atom. The van der Waals surface area contributed by atoms with Crippen LogP contribution >= 0.6 is 0 Å². The van der Waals surface area contributed by atoms with Gasteiger partial charge >= 0.3 is 11.9 Å². The Morgan fingerprint density at radius 1 is 0.960 bits per heavy atom. The monoisotopic (exact) mass is 342 g/mol. The van der Waals surface area contributed by atoms with Gasteiger partial charge in [0.25, 0.3) is 0 Å². The van der Waals surface area contributed by atoms with Gasteiger partial charge in [0.1, 0.15) is 6.61 Å². The minimum absolute atomic E-state index is 0.0236. The largest absolute Gasteiger partial charge is 0.459 e. The summed E-state index contributed by atoms with van der Waals surface area (Å²) in [4.78, 5) is 23.9. The molecule has 0 spiro atoms. The predicted molar refractivity (Wildman–Crippen MR) is 87.9 cm³/mol. The normalized spacial score (nSPS) is 22.4. The zero-order valence-corrected chi connectivity index (χ0v) is 13.4. The molecule has 2 aromatic rings. The summed E-state index contributed by atoms with van der Waals surface area (Å²) in [6.07, 6.45) is -2.32. The van der Waals surface area contributed by atoms with Crippen LogP contribution < -0.4 is 0 Å². The standard InChI is InChI=1S/C19H18O6/c20-17(13-7-3-1-4-8-13)23-12-15-11-16(19(22)24-15)25-18(21)14-9-5-2-6-10-14/h1-10,15-16,19,22H,11-12H2/t15-,16-,19+/m1/s1. The van der Waals surface area contributed by atoms with E-state index in [1.165, 1.54) is 0 Å². The Labute approximate surface area is 144 Å². The fourth-order valence-corrected chi connectivity index (χ4v) is 2.54. The smallest absolute Gasteiger partial charge is 0.338 e. The molecule has 0 radical (unpaired) electrons. The number of benzene rings is 2. The maximum atomic E-state index is 12.0. The van der Waals surface area contributed by atoms with Crippen LogP contribution in [0.5, 0.6) is 0 Å². The highest BCUT2D eigenvalue weighted by Crippen LogP contribution is 2.23. The third-order valence-electron chi connectivity index (χ3n) is 3.82. The summed E-state index contributed by atoms with van der Waals surface area (Å²) in [6.45, 7) is -0.0236. The van der Waals surface area contributed by atoms with Crippen LogP contribution in [0, 0.1) is 0 Å². The van der Waals surface area contributed by atoms with E-state index in [1.807, 2.05) is 0 Å². The first-order valence-corrected chi connectivity index (χ1v) is 7.95. The molecular weight excluding hydrogens is 324 g/mol. The zero-order valence-electron chi connectivity index (χ0n) is 13.4. The lowest BCUT2D eigenvalue weighted by Gasteiger charge is -2.13. The van der Waals surface area contributed by atoms with E-state index in [4.69, 9.17) is 14.2 Å². The predicted octanol–water partition coefficient (Wildman–Crippen LogP) is 2.18. The van der Waals surface area contributed by atoms with E-state index in [0.29, 0.717) is 11.1 Å². The molecule has 1 fully saturated rings. The van der Waals surface area contributed by atoms with E-state index in [2.05, 4.69) is 0 Å².